The number of hydrogen-bond acceptors (Lipinski definition) is 4. The van der Waals surface area contributed by atoms with Crippen LogP contribution in [0, 0.1) is 5.92 Å². The SMILES string of the molecule is CCn1cc(N)c(C(=O)NC(COC)C(C)C)n1. The maximum atomic E-state index is 12.1. The van der Waals surface area contributed by atoms with Crippen molar-refractivity contribution in [1.82, 2.24) is 15.1 Å². The van der Waals surface area contributed by atoms with Crippen molar-refractivity contribution in [2.45, 2.75) is 33.4 Å². The van der Waals surface area contributed by atoms with E-state index in [1.807, 2.05) is 20.8 Å². The molecule has 0 aliphatic carbocycles. The lowest BCUT2D eigenvalue weighted by molar-refractivity contribution is 0.0862. The highest BCUT2D eigenvalue weighted by atomic mass is 16.5. The first-order valence-corrected chi connectivity index (χ1v) is 6.12. The Morgan fingerprint density at radius 2 is 2.28 bits per heavy atom. The molecule has 1 unspecified atom stereocenters. The van der Waals surface area contributed by atoms with Gasteiger partial charge in [-0.1, -0.05) is 13.8 Å². The van der Waals surface area contributed by atoms with Crippen molar-refractivity contribution >= 4 is 11.6 Å². The second kappa shape index (κ2) is 6.39. The number of nitrogen functional groups attached to an aromatic ring is 1. The number of methoxy groups -OCH3 is 1. The van der Waals surface area contributed by atoms with Crippen LogP contribution >= 0.6 is 0 Å². The van der Waals surface area contributed by atoms with Crippen LogP contribution < -0.4 is 11.1 Å². The highest BCUT2D eigenvalue weighted by molar-refractivity contribution is 5.97. The third-order valence-electron chi connectivity index (χ3n) is 2.80. The van der Waals surface area contributed by atoms with Gasteiger partial charge in [0.1, 0.15) is 0 Å². The molecule has 1 heterocycles. The van der Waals surface area contributed by atoms with Crippen LogP contribution in [-0.4, -0.2) is 35.4 Å². The number of carbonyl (C=O) groups excluding carboxylic acids is 1. The van der Waals surface area contributed by atoms with Crippen LogP contribution in [0.3, 0.4) is 0 Å². The third kappa shape index (κ3) is 3.46. The zero-order valence-corrected chi connectivity index (χ0v) is 11.4. The molecule has 0 saturated carbocycles. The van der Waals surface area contributed by atoms with Gasteiger partial charge in [-0.25, -0.2) is 0 Å². The number of amides is 1. The molecule has 0 fully saturated rings. The van der Waals surface area contributed by atoms with Gasteiger partial charge in [0.25, 0.3) is 5.91 Å². The van der Waals surface area contributed by atoms with Crippen LogP contribution in [0.4, 0.5) is 5.69 Å². The molecule has 0 spiro atoms. The summed E-state index contributed by atoms with van der Waals surface area (Å²) < 4.78 is 6.73. The molecule has 1 rings (SSSR count). The topological polar surface area (TPSA) is 82.2 Å². The summed E-state index contributed by atoms with van der Waals surface area (Å²) in [5, 5.41) is 7.03. The molecule has 0 aromatic carbocycles. The number of ether oxygens (including phenoxy) is 1. The van der Waals surface area contributed by atoms with Crippen LogP contribution in [0.25, 0.3) is 0 Å². The fourth-order valence-electron chi connectivity index (χ4n) is 1.59. The zero-order valence-electron chi connectivity index (χ0n) is 11.4. The van der Waals surface area contributed by atoms with Crippen molar-refractivity contribution in [2.75, 3.05) is 19.5 Å². The molecule has 102 valence electrons. The molecular formula is C12H22N4O2. The van der Waals surface area contributed by atoms with Crippen LogP contribution in [0.5, 0.6) is 0 Å². The lowest BCUT2D eigenvalue weighted by Gasteiger charge is -2.21. The van der Waals surface area contributed by atoms with E-state index in [4.69, 9.17) is 10.5 Å². The number of anilines is 1. The summed E-state index contributed by atoms with van der Waals surface area (Å²) in [7, 11) is 1.61. The summed E-state index contributed by atoms with van der Waals surface area (Å²) in [5.74, 6) is 0.0267. The van der Waals surface area contributed by atoms with Crippen molar-refractivity contribution in [3.8, 4) is 0 Å². The molecule has 0 radical (unpaired) electrons. The van der Waals surface area contributed by atoms with E-state index < -0.39 is 0 Å². The predicted octanol–water partition coefficient (Wildman–Crippen LogP) is 0.886. The van der Waals surface area contributed by atoms with E-state index in [1.165, 1.54) is 0 Å². The van der Waals surface area contributed by atoms with Crippen molar-refractivity contribution in [1.29, 1.82) is 0 Å². The largest absolute Gasteiger partial charge is 0.396 e. The Morgan fingerprint density at radius 1 is 1.61 bits per heavy atom. The summed E-state index contributed by atoms with van der Waals surface area (Å²) >= 11 is 0. The molecule has 3 N–H and O–H groups in total. The molecule has 0 aliphatic heterocycles. The normalized spacial score (nSPS) is 12.7. The quantitative estimate of drug-likeness (QED) is 0.789. The lowest BCUT2D eigenvalue weighted by atomic mass is 10.1. The number of nitrogens with zero attached hydrogens (tertiary/aromatic N) is 2. The van der Waals surface area contributed by atoms with Crippen LogP contribution in [0.1, 0.15) is 31.3 Å². The second-order valence-corrected chi connectivity index (χ2v) is 4.57. The van der Waals surface area contributed by atoms with E-state index in [1.54, 1.807) is 18.0 Å². The Hall–Kier alpha value is -1.56. The summed E-state index contributed by atoms with van der Waals surface area (Å²) in [6.45, 7) is 7.15. The van der Waals surface area contributed by atoms with Gasteiger partial charge in [-0.2, -0.15) is 5.10 Å². The number of rotatable bonds is 6. The minimum atomic E-state index is -0.254. The van der Waals surface area contributed by atoms with Crippen molar-refractivity contribution < 1.29 is 9.53 Å². The first kappa shape index (κ1) is 14.5. The number of hydrogen-bond donors (Lipinski definition) is 2. The van der Waals surface area contributed by atoms with Gasteiger partial charge in [0.05, 0.1) is 18.3 Å². The molecule has 6 nitrogen and oxygen atoms in total. The zero-order chi connectivity index (χ0) is 13.7. The van der Waals surface area contributed by atoms with Gasteiger partial charge in [-0.15, -0.1) is 0 Å². The van der Waals surface area contributed by atoms with Crippen molar-refractivity contribution in [3.63, 3.8) is 0 Å². The minimum absolute atomic E-state index is 0.0475. The average molecular weight is 254 g/mol. The van der Waals surface area contributed by atoms with Crippen LogP contribution in [0.15, 0.2) is 6.20 Å². The van der Waals surface area contributed by atoms with Gasteiger partial charge >= 0.3 is 0 Å². The fraction of sp³-hybridized carbons (Fsp3) is 0.667. The summed E-state index contributed by atoms with van der Waals surface area (Å²) in [5.41, 5.74) is 6.44. The number of nitrogens with two attached hydrogens (primary N) is 1. The average Bonchev–Trinajstić information content (AvgIpc) is 2.69. The molecule has 1 atom stereocenters. The number of aromatic nitrogens is 2. The van der Waals surface area contributed by atoms with Gasteiger partial charge in [0.15, 0.2) is 5.69 Å². The summed E-state index contributed by atoms with van der Waals surface area (Å²) in [6, 6.07) is -0.0475. The summed E-state index contributed by atoms with van der Waals surface area (Å²) in [4.78, 5) is 12.1. The van der Waals surface area contributed by atoms with Crippen LogP contribution in [0.2, 0.25) is 0 Å². The highest BCUT2D eigenvalue weighted by Gasteiger charge is 2.20. The Balaban J connectivity index is 2.76. The molecule has 1 amide bonds. The maximum absolute atomic E-state index is 12.1. The van der Waals surface area contributed by atoms with Gasteiger partial charge < -0.3 is 15.8 Å². The third-order valence-corrected chi connectivity index (χ3v) is 2.80. The van der Waals surface area contributed by atoms with Gasteiger partial charge in [-0.3, -0.25) is 9.48 Å². The van der Waals surface area contributed by atoms with E-state index in [0.29, 0.717) is 18.8 Å². The predicted molar refractivity (Wildman–Crippen MR) is 70.3 cm³/mol. The number of carbonyl (C=O) groups is 1. The highest BCUT2D eigenvalue weighted by Crippen LogP contribution is 2.10. The first-order chi connectivity index (χ1) is 8.49. The molecule has 1 aromatic heterocycles. The molecule has 1 aromatic rings. The van der Waals surface area contributed by atoms with E-state index in [9.17, 15) is 4.79 Å². The number of nitrogens with one attached hydrogen (secondary N) is 1. The standard InChI is InChI=1S/C12H22N4O2/c1-5-16-6-9(13)11(15-16)12(17)14-10(7-18-4)8(2)3/h6,8,10H,5,7,13H2,1-4H3,(H,14,17). The monoisotopic (exact) mass is 254 g/mol. The number of aryl methyl sites for hydroxylation is 1. The van der Waals surface area contributed by atoms with Gasteiger partial charge in [0, 0.05) is 19.9 Å². The van der Waals surface area contributed by atoms with Gasteiger partial charge in [0.2, 0.25) is 0 Å². The van der Waals surface area contributed by atoms with Crippen LogP contribution in [-0.2, 0) is 11.3 Å². The molecular weight excluding hydrogens is 232 g/mol. The molecule has 6 heteroatoms. The van der Waals surface area contributed by atoms with E-state index in [-0.39, 0.29) is 23.6 Å². The first-order valence-electron chi connectivity index (χ1n) is 6.12. The fourth-order valence-corrected chi connectivity index (χ4v) is 1.59. The molecule has 0 aliphatic rings. The molecule has 0 bridgehead atoms. The van der Waals surface area contributed by atoms with Crippen molar-refractivity contribution in [3.05, 3.63) is 11.9 Å². The molecule has 18 heavy (non-hydrogen) atoms. The second-order valence-electron chi connectivity index (χ2n) is 4.57. The van der Waals surface area contributed by atoms with E-state index in [0.717, 1.165) is 0 Å². The Kier molecular flexibility index (Phi) is 5.15. The minimum Gasteiger partial charge on any atom is -0.396 e. The van der Waals surface area contributed by atoms with Gasteiger partial charge in [-0.05, 0) is 12.8 Å². The maximum Gasteiger partial charge on any atom is 0.274 e. The Bertz CT molecular complexity index is 401. The Labute approximate surface area is 107 Å². The van der Waals surface area contributed by atoms with Crippen molar-refractivity contribution in [2.24, 2.45) is 5.92 Å². The lowest BCUT2D eigenvalue weighted by Crippen LogP contribution is -2.42. The Morgan fingerprint density at radius 3 is 2.72 bits per heavy atom. The summed E-state index contributed by atoms with van der Waals surface area (Å²) in [6.07, 6.45) is 1.66. The smallest absolute Gasteiger partial charge is 0.274 e. The van der Waals surface area contributed by atoms with E-state index in [2.05, 4.69) is 10.4 Å². The molecule has 0 saturated heterocycles. The van der Waals surface area contributed by atoms with E-state index >= 15 is 0 Å².